The van der Waals surface area contributed by atoms with Crippen LogP contribution < -0.4 is 0 Å². The fourth-order valence-corrected chi connectivity index (χ4v) is 1.30. The maximum atomic E-state index is 11.4. The lowest BCUT2D eigenvalue weighted by atomic mass is 10.2. The summed E-state index contributed by atoms with van der Waals surface area (Å²) in [6.45, 7) is 2.62. The Hall–Kier alpha value is -2.58. The van der Waals surface area contributed by atoms with Crippen LogP contribution in [-0.2, 0) is 33.4 Å². The van der Waals surface area contributed by atoms with Crippen LogP contribution in [0.4, 0.5) is 0 Å². The number of hydrogen-bond donors (Lipinski definition) is 1. The molecule has 0 spiro atoms. The molecule has 0 amide bonds. The van der Waals surface area contributed by atoms with Crippen molar-refractivity contribution >= 4 is 35.4 Å². The van der Waals surface area contributed by atoms with Crippen molar-refractivity contribution in [2.24, 2.45) is 5.16 Å². The molecule has 0 saturated carbocycles. The second-order valence-electron chi connectivity index (χ2n) is 4.72. The number of Topliss-reactive ketones (excluding diaryl/α,β-unsaturated/α-hetero) is 2. The summed E-state index contributed by atoms with van der Waals surface area (Å²) in [7, 11) is 0. The predicted molar refractivity (Wildman–Crippen MR) is 75.5 cm³/mol. The van der Waals surface area contributed by atoms with Gasteiger partial charge in [0.25, 0.3) is 0 Å². The molecule has 128 valence electrons. The van der Waals surface area contributed by atoms with Crippen molar-refractivity contribution in [3.05, 3.63) is 0 Å². The van der Waals surface area contributed by atoms with Gasteiger partial charge >= 0.3 is 17.9 Å². The quantitative estimate of drug-likeness (QED) is 0.164. The third-order valence-corrected chi connectivity index (χ3v) is 2.48. The first-order valence-electron chi connectivity index (χ1n) is 6.88. The van der Waals surface area contributed by atoms with Gasteiger partial charge < -0.3 is 24.3 Å². The predicted octanol–water partition coefficient (Wildman–Crippen LogP) is 0.906. The molecule has 9 nitrogen and oxygen atoms in total. The van der Waals surface area contributed by atoms with Crippen LogP contribution in [0.3, 0.4) is 0 Å². The van der Waals surface area contributed by atoms with Gasteiger partial charge in [-0.15, -0.1) is 0 Å². The van der Waals surface area contributed by atoms with E-state index < -0.39 is 23.8 Å². The Balaban J connectivity index is 4.13. The first-order chi connectivity index (χ1) is 10.7. The summed E-state index contributed by atoms with van der Waals surface area (Å²) >= 11 is 0. The van der Waals surface area contributed by atoms with Crippen LogP contribution in [-0.4, -0.2) is 40.6 Å². The van der Waals surface area contributed by atoms with Gasteiger partial charge in [0.1, 0.15) is 11.6 Å². The van der Waals surface area contributed by atoms with Gasteiger partial charge in [-0.2, -0.15) is 0 Å². The lowest BCUT2D eigenvalue weighted by Crippen LogP contribution is -2.17. The van der Waals surface area contributed by atoms with E-state index in [0.717, 1.165) is 0 Å². The molecule has 0 rings (SSSR count). The third kappa shape index (κ3) is 11.7. The fraction of sp³-hybridized carbons (Fsp3) is 0.571. The molecule has 0 heterocycles. The summed E-state index contributed by atoms with van der Waals surface area (Å²) in [6, 6.07) is 0. The molecule has 0 aliphatic heterocycles. The van der Waals surface area contributed by atoms with Crippen molar-refractivity contribution in [3.8, 4) is 0 Å². The Kier molecular flexibility index (Phi) is 9.81. The van der Waals surface area contributed by atoms with Crippen molar-refractivity contribution in [2.75, 3.05) is 0 Å². The van der Waals surface area contributed by atoms with E-state index >= 15 is 0 Å². The first kappa shape index (κ1) is 20.4. The minimum absolute atomic E-state index is 0.00969. The Morgan fingerprint density at radius 2 is 1.09 bits per heavy atom. The van der Waals surface area contributed by atoms with Gasteiger partial charge in [-0.3, -0.25) is 14.4 Å². The number of carbonyl (C=O) groups is 5. The Morgan fingerprint density at radius 3 is 1.48 bits per heavy atom. The number of oxime groups is 1. The maximum absolute atomic E-state index is 11.4. The summed E-state index contributed by atoms with van der Waals surface area (Å²) < 4.78 is 9.08. The Morgan fingerprint density at radius 1 is 0.696 bits per heavy atom. The number of ketones is 2. The van der Waals surface area contributed by atoms with E-state index in [4.69, 9.17) is 5.21 Å². The van der Waals surface area contributed by atoms with Crippen LogP contribution in [0.15, 0.2) is 5.16 Å². The maximum Gasteiger partial charge on any atom is 0.313 e. The van der Waals surface area contributed by atoms with Gasteiger partial charge in [0.2, 0.25) is 5.90 Å². The normalized spacial score (nSPS) is 10.8. The van der Waals surface area contributed by atoms with Crippen molar-refractivity contribution in [1.29, 1.82) is 0 Å². The zero-order chi connectivity index (χ0) is 17.8. The molecular weight excluding hydrogens is 310 g/mol. The first-order valence-corrected chi connectivity index (χ1v) is 6.88. The molecule has 0 fully saturated rings. The molecule has 0 aromatic rings. The lowest BCUT2D eigenvalue weighted by Gasteiger charge is -2.05. The molecule has 0 bridgehead atoms. The average Bonchev–Trinajstić information content (AvgIpc) is 2.47. The van der Waals surface area contributed by atoms with Crippen LogP contribution in [0.5, 0.6) is 0 Å². The highest BCUT2D eigenvalue weighted by Crippen LogP contribution is 2.03. The van der Waals surface area contributed by atoms with Gasteiger partial charge in [-0.25, -0.2) is 0 Å². The smallest absolute Gasteiger partial charge is 0.313 e. The number of rotatable bonds is 9. The second kappa shape index (κ2) is 11.0. The highest BCUT2D eigenvalue weighted by molar-refractivity contribution is 5.93. The fourth-order valence-electron chi connectivity index (χ4n) is 1.30. The van der Waals surface area contributed by atoms with E-state index in [0.29, 0.717) is 0 Å². The molecule has 0 aliphatic carbocycles. The highest BCUT2D eigenvalue weighted by atomic mass is 16.6. The highest BCUT2D eigenvalue weighted by Gasteiger charge is 2.15. The summed E-state index contributed by atoms with van der Waals surface area (Å²) in [5.74, 6) is -3.35. The topological polar surface area (TPSA) is 136 Å². The van der Waals surface area contributed by atoms with Crippen LogP contribution in [0.25, 0.3) is 0 Å². The Labute approximate surface area is 132 Å². The van der Waals surface area contributed by atoms with Gasteiger partial charge in [-0.05, 0) is 13.8 Å². The molecule has 0 aromatic heterocycles. The number of ether oxygens (including phenoxy) is 2. The number of esters is 3. The van der Waals surface area contributed by atoms with Crippen molar-refractivity contribution in [1.82, 2.24) is 0 Å². The van der Waals surface area contributed by atoms with E-state index in [9.17, 15) is 24.0 Å². The molecule has 0 aliphatic rings. The minimum Gasteiger partial charge on any atom is -0.408 e. The molecule has 23 heavy (non-hydrogen) atoms. The van der Waals surface area contributed by atoms with E-state index in [1.54, 1.807) is 0 Å². The van der Waals surface area contributed by atoms with Gasteiger partial charge in [0.05, 0.1) is 19.3 Å². The third-order valence-electron chi connectivity index (χ3n) is 2.48. The van der Waals surface area contributed by atoms with E-state index in [-0.39, 0.29) is 50.1 Å². The minimum atomic E-state index is -0.903. The zero-order valence-corrected chi connectivity index (χ0v) is 13.0. The van der Waals surface area contributed by atoms with Crippen LogP contribution >= 0.6 is 0 Å². The summed E-state index contributed by atoms with van der Waals surface area (Å²) in [4.78, 5) is 55.3. The molecule has 0 saturated heterocycles. The molecule has 0 aromatic carbocycles. The van der Waals surface area contributed by atoms with E-state index in [1.807, 2.05) is 0 Å². The summed E-state index contributed by atoms with van der Waals surface area (Å²) in [5, 5.41) is 11.4. The zero-order valence-electron chi connectivity index (χ0n) is 13.0. The summed E-state index contributed by atoms with van der Waals surface area (Å²) in [6.07, 6.45) is -1.04. The van der Waals surface area contributed by atoms with Crippen molar-refractivity contribution < 1.29 is 38.7 Å². The van der Waals surface area contributed by atoms with Crippen LogP contribution in [0.1, 0.15) is 52.4 Å². The monoisotopic (exact) mass is 329 g/mol. The second-order valence-corrected chi connectivity index (χ2v) is 4.72. The van der Waals surface area contributed by atoms with Crippen LogP contribution in [0, 0.1) is 0 Å². The summed E-state index contributed by atoms with van der Waals surface area (Å²) in [5.41, 5.74) is 0. The van der Waals surface area contributed by atoms with Gasteiger partial charge in [0.15, 0.2) is 0 Å². The molecule has 0 radical (unpaired) electrons. The number of carbonyl (C=O) groups excluding carboxylic acids is 5. The standard InChI is InChI=1S/C14H19NO8/c1-9(16)3-6-12(18)22-11(15-21)5-8-14(20)23-13(19)7-4-10(2)17/h21H,3-8H2,1-2H3/b15-11-. The molecular formula is C14H19NO8. The molecule has 9 heteroatoms. The van der Waals surface area contributed by atoms with Crippen molar-refractivity contribution in [3.63, 3.8) is 0 Å². The van der Waals surface area contributed by atoms with Crippen molar-refractivity contribution in [2.45, 2.75) is 52.4 Å². The molecule has 0 atom stereocenters. The number of nitrogens with zero attached hydrogens (tertiary/aromatic N) is 1. The van der Waals surface area contributed by atoms with E-state index in [1.165, 1.54) is 13.8 Å². The average molecular weight is 329 g/mol. The lowest BCUT2D eigenvalue weighted by molar-refractivity contribution is -0.160. The largest absolute Gasteiger partial charge is 0.408 e. The Bertz CT molecular complexity index is 509. The van der Waals surface area contributed by atoms with Crippen LogP contribution in [0.2, 0.25) is 0 Å². The van der Waals surface area contributed by atoms with Gasteiger partial charge in [0, 0.05) is 19.3 Å². The number of hydrogen-bond acceptors (Lipinski definition) is 9. The van der Waals surface area contributed by atoms with Gasteiger partial charge in [-0.1, -0.05) is 5.16 Å². The molecule has 1 N–H and O–H groups in total. The molecule has 0 unspecified atom stereocenters. The van der Waals surface area contributed by atoms with E-state index in [2.05, 4.69) is 14.6 Å². The SMILES string of the molecule is CC(=O)CCC(=O)OC(=O)CC/C(=N/O)OC(=O)CCC(C)=O.